The van der Waals surface area contributed by atoms with Gasteiger partial charge in [0.2, 0.25) is 0 Å². The molecule has 0 aromatic rings. The zero-order valence-corrected chi connectivity index (χ0v) is 7.83. The van der Waals surface area contributed by atoms with Crippen molar-refractivity contribution in [2.45, 2.75) is 0 Å². The number of hydrogen-bond acceptors (Lipinski definition) is 0. The van der Waals surface area contributed by atoms with Crippen molar-refractivity contribution in [1.82, 2.24) is 0 Å². The molecule has 0 rings (SSSR count). The minimum atomic E-state index is 0. The summed E-state index contributed by atoms with van der Waals surface area (Å²) in [6.45, 7) is 0. The van der Waals surface area contributed by atoms with Crippen molar-refractivity contribution in [2.75, 3.05) is 0 Å². The predicted octanol–water partition coefficient (Wildman–Crippen LogP) is -0.754. The molecule has 2 nitrogen and oxygen atoms in total. The molecule has 0 aromatic carbocycles. The average molecular weight is 258 g/mol. The Hall–Kier alpha value is 1.30. The van der Waals surface area contributed by atoms with Gasteiger partial charge in [0.05, 0.1) is 0 Å². The molecule has 0 spiro atoms. The first kappa shape index (κ1) is 172. The summed E-state index contributed by atoms with van der Waals surface area (Å²) in [5, 5.41) is 0. The first-order chi connectivity index (χ1) is 0. The Morgan fingerprint density at radius 1 is 0.500 bits per heavy atom. The Labute approximate surface area is 67.8 Å². The molecule has 44 valence electrons. The maximum absolute atomic E-state index is 0. The van der Waals surface area contributed by atoms with Crippen LogP contribution >= 0.6 is 0 Å². The summed E-state index contributed by atoms with van der Waals surface area (Å²) in [6, 6.07) is 0. The monoisotopic (exact) mass is 262 g/mol. The minimum Gasteiger partial charge on any atom is -0.412 e. The molecule has 0 atom stereocenters. The minimum absolute atomic E-state index is 0. The van der Waals surface area contributed by atoms with Crippen LogP contribution in [0.5, 0.6) is 0 Å². The molecule has 0 aliphatic carbocycles. The van der Waals surface area contributed by atoms with Crippen molar-refractivity contribution in [3.63, 3.8) is 0 Å². The van der Waals surface area contributed by atoms with E-state index < -0.39 is 0 Å². The van der Waals surface area contributed by atoms with Crippen LogP contribution in [0.4, 0.5) is 0 Å². The van der Waals surface area contributed by atoms with Gasteiger partial charge in [-0.25, -0.2) is 0 Å². The Bertz CT molecular complexity index is 9.51. The summed E-state index contributed by atoms with van der Waals surface area (Å²) >= 11 is 0. The van der Waals surface area contributed by atoms with Crippen LogP contribution in [0.2, 0.25) is 0 Å². The van der Waals surface area contributed by atoms with Crippen LogP contribution < -0.4 is 0 Å². The van der Waals surface area contributed by atoms with Gasteiger partial charge in [0, 0.05) is 42.1 Å². The van der Waals surface area contributed by atoms with E-state index in [0.29, 0.717) is 0 Å². The zero-order valence-electron chi connectivity index (χ0n) is 3.82. The van der Waals surface area contributed by atoms with Crippen molar-refractivity contribution in [3.8, 4) is 0 Å². The molecule has 0 amide bonds. The molecular weight excluding hydrogens is 248 g/mol. The summed E-state index contributed by atoms with van der Waals surface area (Å²) in [6.07, 6.45) is 0. The van der Waals surface area contributed by atoms with Gasteiger partial charge in [-0.3, -0.25) is 0 Å². The zero-order chi connectivity index (χ0) is 0. The molecule has 0 aromatic heterocycles. The van der Waals surface area contributed by atoms with E-state index in [0.717, 1.165) is 0 Å². The second-order valence-corrected chi connectivity index (χ2v) is 0. The van der Waals surface area contributed by atoms with E-state index in [1.807, 2.05) is 0 Å². The Morgan fingerprint density at radius 3 is 0.500 bits per heavy atom. The van der Waals surface area contributed by atoms with Gasteiger partial charge in [0.1, 0.15) is 0 Å². The molecular formula is C2H10Mo2O2-2. The molecule has 0 heterocycles. The van der Waals surface area contributed by atoms with E-state index in [9.17, 15) is 0 Å². The van der Waals surface area contributed by atoms with Gasteiger partial charge in [0.25, 0.3) is 0 Å². The molecule has 4 N–H and O–H groups in total. The normalized spacial score (nSPS) is 0. The molecule has 6 heavy (non-hydrogen) atoms. The van der Waals surface area contributed by atoms with Crippen LogP contribution in [0.25, 0.3) is 0 Å². The van der Waals surface area contributed by atoms with E-state index in [2.05, 4.69) is 0 Å². The molecule has 0 radical (unpaired) electrons. The topological polar surface area (TPSA) is 63.0 Å². The van der Waals surface area contributed by atoms with Crippen LogP contribution in [-0.2, 0) is 42.1 Å². The molecule has 4 heteroatoms. The van der Waals surface area contributed by atoms with Crippen molar-refractivity contribution in [2.24, 2.45) is 0 Å². The molecule has 0 saturated carbocycles. The van der Waals surface area contributed by atoms with E-state index in [4.69, 9.17) is 0 Å². The van der Waals surface area contributed by atoms with Crippen molar-refractivity contribution < 1.29 is 53.1 Å². The van der Waals surface area contributed by atoms with E-state index in [1.54, 1.807) is 0 Å². The Balaban J connectivity index is 0. The van der Waals surface area contributed by atoms with Gasteiger partial charge in [-0.1, -0.05) is 0 Å². The van der Waals surface area contributed by atoms with Crippen LogP contribution in [0, 0.1) is 14.9 Å². The summed E-state index contributed by atoms with van der Waals surface area (Å²) in [5.74, 6) is 0. The van der Waals surface area contributed by atoms with Crippen molar-refractivity contribution >= 4 is 0 Å². The number of hydrogen-bond donors (Lipinski definition) is 0. The van der Waals surface area contributed by atoms with Crippen LogP contribution in [0.3, 0.4) is 0 Å². The first-order valence-corrected chi connectivity index (χ1v) is 0. The van der Waals surface area contributed by atoms with Crippen LogP contribution in [0.15, 0.2) is 0 Å². The molecule has 0 fully saturated rings. The second-order valence-electron chi connectivity index (χ2n) is 0. The standard InChI is InChI=1S/2CH3.2Mo.2H2O/h2*1H3;;;2*1H2/q2*-1;;;;. The van der Waals surface area contributed by atoms with Gasteiger partial charge in [-0.15, -0.1) is 0 Å². The molecule has 0 saturated heterocycles. The van der Waals surface area contributed by atoms with Crippen molar-refractivity contribution in [1.29, 1.82) is 0 Å². The molecule has 0 aliphatic heterocycles. The second kappa shape index (κ2) is 105. The summed E-state index contributed by atoms with van der Waals surface area (Å²) in [4.78, 5) is 0. The summed E-state index contributed by atoms with van der Waals surface area (Å²) in [5.41, 5.74) is 0. The van der Waals surface area contributed by atoms with E-state index in [-0.39, 0.29) is 67.9 Å². The van der Waals surface area contributed by atoms with E-state index in [1.165, 1.54) is 0 Å². The van der Waals surface area contributed by atoms with Gasteiger partial charge in [0.15, 0.2) is 0 Å². The fourth-order valence-corrected chi connectivity index (χ4v) is 0. The third-order valence-corrected chi connectivity index (χ3v) is 0. The average Bonchev–Trinajstić information content (AvgIpc) is 0. The smallest absolute Gasteiger partial charge is 0 e. The maximum atomic E-state index is 0. The maximum Gasteiger partial charge on any atom is 0 e. The third-order valence-electron chi connectivity index (χ3n) is 0. The quantitative estimate of drug-likeness (QED) is 0.405. The first-order valence-electron chi connectivity index (χ1n) is 0. The van der Waals surface area contributed by atoms with Crippen molar-refractivity contribution in [3.05, 3.63) is 14.9 Å². The summed E-state index contributed by atoms with van der Waals surface area (Å²) in [7, 11) is 0. The predicted molar refractivity (Wildman–Crippen MR) is 20.1 cm³/mol. The fourth-order valence-electron chi connectivity index (χ4n) is 0. The largest absolute Gasteiger partial charge is 0.412 e. The summed E-state index contributed by atoms with van der Waals surface area (Å²) < 4.78 is 0. The molecule has 0 bridgehead atoms. The molecule has 0 unspecified atom stereocenters. The Morgan fingerprint density at radius 2 is 0.500 bits per heavy atom. The van der Waals surface area contributed by atoms with Gasteiger partial charge >= 0.3 is 0 Å². The van der Waals surface area contributed by atoms with Gasteiger partial charge in [-0.2, -0.15) is 0 Å². The van der Waals surface area contributed by atoms with E-state index >= 15 is 0 Å². The fraction of sp³-hybridized carbons (Fsp3) is 0. The SMILES string of the molecule is O.O.[CH3-].[CH3-].[Mo].[Mo]. The third kappa shape index (κ3) is 58.2. The van der Waals surface area contributed by atoms with Crippen LogP contribution in [0.1, 0.15) is 0 Å². The van der Waals surface area contributed by atoms with Gasteiger partial charge in [-0.05, 0) is 0 Å². The Kier molecular flexibility index (Phi) is 3010. The number of rotatable bonds is 0. The molecule has 0 aliphatic rings. The van der Waals surface area contributed by atoms with Crippen LogP contribution in [-0.4, -0.2) is 11.0 Å². The van der Waals surface area contributed by atoms with Gasteiger partial charge < -0.3 is 25.8 Å².